The number of nitrogens with zero attached hydrogens (tertiary/aromatic N) is 1. The van der Waals surface area contributed by atoms with Crippen LogP contribution >= 0.6 is 11.3 Å². The van der Waals surface area contributed by atoms with Gasteiger partial charge in [-0.15, -0.1) is 11.3 Å². The molecule has 0 aromatic carbocycles. The third-order valence-corrected chi connectivity index (χ3v) is 5.02. The minimum atomic E-state index is -3.41. The van der Waals surface area contributed by atoms with Crippen LogP contribution in [0.5, 0.6) is 0 Å². The van der Waals surface area contributed by atoms with Crippen molar-refractivity contribution < 1.29 is 17.9 Å². The lowest BCUT2D eigenvalue weighted by Crippen LogP contribution is -2.29. The number of thiazole rings is 1. The predicted molar refractivity (Wildman–Crippen MR) is 73.4 cm³/mol. The first-order chi connectivity index (χ1) is 8.84. The van der Waals surface area contributed by atoms with Crippen molar-refractivity contribution in [3.63, 3.8) is 0 Å². The Balaban J connectivity index is 2.48. The highest BCUT2D eigenvalue weighted by molar-refractivity contribution is 7.89. The van der Waals surface area contributed by atoms with Gasteiger partial charge in [0.2, 0.25) is 10.0 Å². The van der Waals surface area contributed by atoms with Gasteiger partial charge in [-0.2, -0.15) is 0 Å². The van der Waals surface area contributed by atoms with E-state index in [-0.39, 0.29) is 24.6 Å². The smallest absolute Gasteiger partial charge is 0.305 e. The molecule has 0 fully saturated rings. The molecule has 0 amide bonds. The van der Waals surface area contributed by atoms with Crippen molar-refractivity contribution in [2.75, 3.05) is 12.9 Å². The largest absolute Gasteiger partial charge is 0.469 e. The van der Waals surface area contributed by atoms with Gasteiger partial charge in [0.1, 0.15) is 5.01 Å². The minimum absolute atomic E-state index is 0.0994. The first kappa shape index (κ1) is 16.1. The summed E-state index contributed by atoms with van der Waals surface area (Å²) in [7, 11) is -2.13. The van der Waals surface area contributed by atoms with Crippen molar-refractivity contribution in [3.05, 3.63) is 16.1 Å². The lowest BCUT2D eigenvalue weighted by atomic mass is 10.3. The number of hydrogen-bond donors (Lipinski definition) is 1. The number of carbonyl (C=O) groups is 1. The second-order valence-corrected chi connectivity index (χ2v) is 7.29. The van der Waals surface area contributed by atoms with E-state index in [0.29, 0.717) is 0 Å². The Labute approximate surface area is 117 Å². The van der Waals surface area contributed by atoms with Crippen LogP contribution in [-0.4, -0.2) is 32.2 Å². The molecular weight excluding hydrogens is 288 g/mol. The molecule has 0 spiro atoms. The summed E-state index contributed by atoms with van der Waals surface area (Å²) in [6.07, 6.45) is 2.05. The monoisotopic (exact) mass is 306 g/mol. The Bertz CT molecular complexity index is 525. The Morgan fingerprint density at radius 1 is 1.58 bits per heavy atom. The van der Waals surface area contributed by atoms with Crippen LogP contribution in [-0.2, 0) is 19.6 Å². The third-order valence-electron chi connectivity index (χ3n) is 2.39. The van der Waals surface area contributed by atoms with Gasteiger partial charge in [0, 0.05) is 17.5 Å². The molecule has 6 nitrogen and oxygen atoms in total. The van der Waals surface area contributed by atoms with Crippen LogP contribution in [0.1, 0.15) is 35.7 Å². The summed E-state index contributed by atoms with van der Waals surface area (Å²) in [5, 5.41) is 0.731. The first-order valence-corrected chi connectivity index (χ1v) is 8.30. The Morgan fingerprint density at radius 2 is 2.26 bits per heavy atom. The van der Waals surface area contributed by atoms with Gasteiger partial charge in [0.05, 0.1) is 18.9 Å². The van der Waals surface area contributed by atoms with E-state index < -0.39 is 16.0 Å². The summed E-state index contributed by atoms with van der Waals surface area (Å²) in [5.41, 5.74) is 0. The van der Waals surface area contributed by atoms with Gasteiger partial charge >= 0.3 is 5.97 Å². The van der Waals surface area contributed by atoms with Crippen LogP contribution in [0.15, 0.2) is 6.20 Å². The van der Waals surface area contributed by atoms with Gasteiger partial charge in [0.15, 0.2) is 0 Å². The van der Waals surface area contributed by atoms with E-state index >= 15 is 0 Å². The first-order valence-electron chi connectivity index (χ1n) is 5.83. The summed E-state index contributed by atoms with van der Waals surface area (Å²) in [5.74, 6) is -0.504. The van der Waals surface area contributed by atoms with Gasteiger partial charge < -0.3 is 4.74 Å². The number of methoxy groups -OCH3 is 1. The molecule has 1 aromatic rings. The highest BCUT2D eigenvalue weighted by Crippen LogP contribution is 2.19. The second kappa shape index (κ2) is 6.97. The highest BCUT2D eigenvalue weighted by atomic mass is 32.2. The van der Waals surface area contributed by atoms with Crippen LogP contribution in [0.25, 0.3) is 0 Å². The number of hydrogen-bond acceptors (Lipinski definition) is 6. The summed E-state index contributed by atoms with van der Waals surface area (Å²) < 4.78 is 30.6. The molecular formula is C11H18N2O4S2. The molecule has 1 rings (SSSR count). The molecule has 19 heavy (non-hydrogen) atoms. The molecule has 0 radical (unpaired) electrons. The number of ether oxygens (including phenoxy) is 1. The quantitative estimate of drug-likeness (QED) is 0.769. The molecule has 108 valence electrons. The predicted octanol–water partition coefficient (Wildman–Crippen LogP) is 1.39. The van der Waals surface area contributed by atoms with Crippen LogP contribution in [0.3, 0.4) is 0 Å². The number of aryl methyl sites for hydroxylation is 1. The van der Waals surface area contributed by atoms with Gasteiger partial charge in [-0.3, -0.25) is 4.79 Å². The molecule has 1 aromatic heterocycles. The maximum absolute atomic E-state index is 11.8. The van der Waals surface area contributed by atoms with Crippen LogP contribution in [0.2, 0.25) is 0 Å². The van der Waals surface area contributed by atoms with Crippen molar-refractivity contribution >= 4 is 27.3 Å². The summed E-state index contributed by atoms with van der Waals surface area (Å²) >= 11 is 1.46. The molecule has 0 saturated carbocycles. The average molecular weight is 306 g/mol. The van der Waals surface area contributed by atoms with Crippen molar-refractivity contribution in [2.24, 2.45) is 0 Å². The number of rotatable bonds is 7. The van der Waals surface area contributed by atoms with Crippen molar-refractivity contribution in [3.8, 4) is 0 Å². The van der Waals surface area contributed by atoms with E-state index in [4.69, 9.17) is 0 Å². The van der Waals surface area contributed by atoms with Gasteiger partial charge in [-0.1, -0.05) is 0 Å². The minimum Gasteiger partial charge on any atom is -0.469 e. The topological polar surface area (TPSA) is 85.4 Å². The molecule has 1 unspecified atom stereocenters. The van der Waals surface area contributed by atoms with E-state index in [1.54, 1.807) is 13.1 Å². The second-order valence-electron chi connectivity index (χ2n) is 4.15. The van der Waals surface area contributed by atoms with Crippen LogP contribution in [0.4, 0.5) is 0 Å². The van der Waals surface area contributed by atoms with Crippen molar-refractivity contribution in [1.82, 2.24) is 9.71 Å². The highest BCUT2D eigenvalue weighted by Gasteiger charge is 2.18. The number of nitrogens with one attached hydrogen (secondary N) is 1. The summed E-state index contributed by atoms with van der Waals surface area (Å²) in [6.45, 7) is 3.66. The number of aromatic nitrogens is 1. The number of esters is 1. The third kappa shape index (κ3) is 5.66. The van der Waals surface area contributed by atoms with Gasteiger partial charge in [-0.25, -0.2) is 18.1 Å². The van der Waals surface area contributed by atoms with E-state index in [9.17, 15) is 13.2 Å². The molecule has 1 atom stereocenters. The number of sulfonamides is 1. The standard InChI is InChI=1S/C11H18N2O4S2/c1-8-7-12-11(18-8)9(2)13-19(15,16)6-4-5-10(14)17-3/h7,9,13H,4-6H2,1-3H3. The fraction of sp³-hybridized carbons (Fsp3) is 0.636. The van der Waals surface area contributed by atoms with Gasteiger partial charge in [-0.05, 0) is 20.3 Å². The summed E-state index contributed by atoms with van der Waals surface area (Å²) in [6, 6.07) is -0.359. The van der Waals surface area contributed by atoms with E-state index in [0.717, 1.165) is 9.88 Å². The zero-order valence-corrected chi connectivity index (χ0v) is 12.8. The Hall–Kier alpha value is -0.990. The fourth-order valence-corrected chi connectivity index (χ4v) is 3.60. The van der Waals surface area contributed by atoms with E-state index in [2.05, 4.69) is 14.4 Å². The van der Waals surface area contributed by atoms with Crippen LogP contribution < -0.4 is 4.72 Å². The Kier molecular flexibility index (Phi) is 5.89. The lowest BCUT2D eigenvalue weighted by Gasteiger charge is -2.11. The SMILES string of the molecule is COC(=O)CCCS(=O)(=O)NC(C)c1ncc(C)s1. The molecule has 1 N–H and O–H groups in total. The molecule has 0 saturated heterocycles. The normalized spacial score (nSPS) is 13.2. The molecule has 1 heterocycles. The van der Waals surface area contributed by atoms with Gasteiger partial charge in [0.25, 0.3) is 0 Å². The van der Waals surface area contributed by atoms with Crippen LogP contribution in [0, 0.1) is 6.92 Å². The molecule has 0 aliphatic rings. The maximum atomic E-state index is 11.8. The van der Waals surface area contributed by atoms with E-state index in [1.807, 2.05) is 6.92 Å². The maximum Gasteiger partial charge on any atom is 0.305 e. The summed E-state index contributed by atoms with van der Waals surface area (Å²) in [4.78, 5) is 16.1. The number of carbonyl (C=O) groups excluding carboxylic acids is 1. The fourth-order valence-electron chi connectivity index (χ4n) is 1.46. The van der Waals surface area contributed by atoms with Crippen molar-refractivity contribution in [1.29, 1.82) is 0 Å². The zero-order valence-electron chi connectivity index (χ0n) is 11.2. The molecule has 0 aliphatic carbocycles. The van der Waals surface area contributed by atoms with Crippen molar-refractivity contribution in [2.45, 2.75) is 32.7 Å². The lowest BCUT2D eigenvalue weighted by molar-refractivity contribution is -0.140. The molecule has 0 bridgehead atoms. The zero-order chi connectivity index (χ0) is 14.5. The Morgan fingerprint density at radius 3 is 2.79 bits per heavy atom. The average Bonchev–Trinajstić information content (AvgIpc) is 2.75. The molecule has 0 aliphatic heterocycles. The van der Waals surface area contributed by atoms with E-state index in [1.165, 1.54) is 18.4 Å². The molecule has 8 heteroatoms.